The number of hydrogen-bond donors (Lipinski definition) is 2. The Balaban J connectivity index is 1.76. The van der Waals surface area contributed by atoms with Crippen LogP contribution in [0.5, 0.6) is 0 Å². The van der Waals surface area contributed by atoms with Gasteiger partial charge >= 0.3 is 6.18 Å². The molecule has 1 unspecified atom stereocenters. The number of fused-ring (bicyclic) bond motifs is 1. The second kappa shape index (κ2) is 8.16. The van der Waals surface area contributed by atoms with Gasteiger partial charge in [0.1, 0.15) is 5.76 Å². The smallest absolute Gasteiger partial charge is 0.416 e. The van der Waals surface area contributed by atoms with Gasteiger partial charge in [-0.25, -0.2) is 0 Å². The molecule has 5 rings (SSSR count). The molecule has 1 saturated heterocycles. The van der Waals surface area contributed by atoms with Crippen molar-refractivity contribution < 1.29 is 27.9 Å². The molecule has 0 aliphatic carbocycles. The summed E-state index contributed by atoms with van der Waals surface area (Å²) in [6.45, 7) is 1.82. The van der Waals surface area contributed by atoms with E-state index in [1.54, 1.807) is 36.4 Å². The van der Waals surface area contributed by atoms with E-state index in [0.717, 1.165) is 22.6 Å². The van der Waals surface area contributed by atoms with Crippen LogP contribution < -0.4 is 4.90 Å². The van der Waals surface area contributed by atoms with Crippen molar-refractivity contribution in [2.24, 2.45) is 0 Å². The van der Waals surface area contributed by atoms with E-state index >= 15 is 0 Å². The summed E-state index contributed by atoms with van der Waals surface area (Å²) in [7, 11) is 0. The number of ketones is 1. The molecule has 3 aromatic carbocycles. The number of alkyl halides is 3. The number of nitrogens with zero attached hydrogens (tertiary/aromatic N) is 1. The number of aliphatic hydroxyl groups is 1. The van der Waals surface area contributed by atoms with E-state index in [1.165, 1.54) is 18.3 Å². The first-order valence-corrected chi connectivity index (χ1v) is 10.8. The van der Waals surface area contributed by atoms with Crippen LogP contribution in [0, 0.1) is 6.92 Å². The first kappa shape index (κ1) is 22.5. The van der Waals surface area contributed by atoms with Crippen LogP contribution in [0.1, 0.15) is 28.3 Å². The number of aromatic nitrogens is 1. The molecule has 0 radical (unpaired) electrons. The third-order valence-electron chi connectivity index (χ3n) is 6.10. The number of H-pyrrole nitrogens is 1. The zero-order chi connectivity index (χ0) is 24.9. The number of aliphatic hydroxyl groups excluding tert-OH is 1. The standard InChI is InChI=1S/C27H19F3N2O3/c1-15-6-4-7-16(12-15)23-22(24(33)20-14-31-21-11-3-2-10-19(20)21)25(34)26(35)32(23)18-9-5-8-17(13-18)27(28,29)30/h2-14,23,31,33H,1H3/b24-22-. The molecule has 4 aromatic rings. The van der Waals surface area contributed by atoms with Gasteiger partial charge in [0.25, 0.3) is 11.7 Å². The van der Waals surface area contributed by atoms with Gasteiger partial charge in [0.15, 0.2) is 0 Å². The lowest BCUT2D eigenvalue weighted by molar-refractivity contribution is -0.137. The number of nitrogens with one attached hydrogen (secondary N) is 1. The summed E-state index contributed by atoms with van der Waals surface area (Å²) in [6, 6.07) is 17.2. The van der Waals surface area contributed by atoms with Gasteiger partial charge in [-0.3, -0.25) is 14.5 Å². The second-order valence-corrected chi connectivity index (χ2v) is 8.38. The predicted octanol–water partition coefficient (Wildman–Crippen LogP) is 6.12. The molecule has 0 saturated carbocycles. The summed E-state index contributed by atoms with van der Waals surface area (Å²) in [4.78, 5) is 30.5. The minimum absolute atomic E-state index is 0.0913. The highest BCUT2D eigenvalue weighted by atomic mass is 19.4. The predicted molar refractivity (Wildman–Crippen MR) is 126 cm³/mol. The largest absolute Gasteiger partial charge is 0.507 e. The fourth-order valence-corrected chi connectivity index (χ4v) is 4.50. The molecule has 0 bridgehead atoms. The van der Waals surface area contributed by atoms with Crippen LogP contribution in [0.25, 0.3) is 16.7 Å². The van der Waals surface area contributed by atoms with Gasteiger partial charge in [-0.15, -0.1) is 0 Å². The molecule has 2 heterocycles. The second-order valence-electron chi connectivity index (χ2n) is 8.38. The summed E-state index contributed by atoms with van der Waals surface area (Å²) in [5, 5.41) is 12.0. The molecule has 8 heteroatoms. The Hall–Kier alpha value is -4.33. The Bertz CT molecular complexity index is 1520. The van der Waals surface area contributed by atoms with E-state index in [0.29, 0.717) is 22.0 Å². The monoisotopic (exact) mass is 476 g/mol. The van der Waals surface area contributed by atoms with Crippen molar-refractivity contribution in [3.63, 3.8) is 0 Å². The van der Waals surface area contributed by atoms with Crippen LogP contribution in [-0.2, 0) is 15.8 Å². The number of Topliss-reactive ketones (excluding diaryl/α,β-unsaturated/α-hetero) is 1. The molecule has 35 heavy (non-hydrogen) atoms. The highest BCUT2D eigenvalue weighted by Gasteiger charge is 2.47. The van der Waals surface area contributed by atoms with Gasteiger partial charge in [0, 0.05) is 28.4 Å². The first-order valence-electron chi connectivity index (χ1n) is 10.8. The van der Waals surface area contributed by atoms with Crippen LogP contribution in [0.15, 0.2) is 84.6 Å². The van der Waals surface area contributed by atoms with Crippen molar-refractivity contribution in [3.05, 3.63) is 107 Å². The Morgan fingerprint density at radius 2 is 1.71 bits per heavy atom. The third-order valence-corrected chi connectivity index (χ3v) is 6.10. The zero-order valence-corrected chi connectivity index (χ0v) is 18.4. The van der Waals surface area contributed by atoms with E-state index in [1.807, 2.05) is 19.1 Å². The number of carbonyl (C=O) groups excluding carboxylic acids is 2. The van der Waals surface area contributed by atoms with E-state index in [4.69, 9.17) is 0 Å². The number of para-hydroxylation sites is 1. The Morgan fingerprint density at radius 1 is 0.971 bits per heavy atom. The summed E-state index contributed by atoms with van der Waals surface area (Å²) < 4.78 is 40.3. The van der Waals surface area contributed by atoms with Gasteiger partial charge in [0.2, 0.25) is 0 Å². The molecule has 176 valence electrons. The fraction of sp³-hybridized carbons (Fsp3) is 0.111. The zero-order valence-electron chi connectivity index (χ0n) is 18.4. The quantitative estimate of drug-likeness (QED) is 0.213. The van der Waals surface area contributed by atoms with Crippen molar-refractivity contribution >= 4 is 34.0 Å². The van der Waals surface area contributed by atoms with Crippen molar-refractivity contribution in [3.8, 4) is 0 Å². The number of amides is 1. The number of carbonyl (C=O) groups is 2. The van der Waals surface area contributed by atoms with Gasteiger partial charge in [-0.2, -0.15) is 13.2 Å². The Kier molecular flexibility index (Phi) is 5.24. The minimum atomic E-state index is -4.63. The van der Waals surface area contributed by atoms with E-state index in [-0.39, 0.29) is 11.3 Å². The maximum Gasteiger partial charge on any atom is 0.416 e. The van der Waals surface area contributed by atoms with Crippen molar-refractivity contribution in [2.45, 2.75) is 19.1 Å². The molecule has 2 N–H and O–H groups in total. The minimum Gasteiger partial charge on any atom is -0.507 e. The summed E-state index contributed by atoms with van der Waals surface area (Å²) in [5.74, 6) is -2.39. The molecule has 5 nitrogen and oxygen atoms in total. The van der Waals surface area contributed by atoms with Crippen LogP contribution in [0.2, 0.25) is 0 Å². The molecule has 1 atom stereocenters. The highest BCUT2D eigenvalue weighted by molar-refractivity contribution is 6.51. The number of aromatic amines is 1. The molecule has 1 aromatic heterocycles. The third kappa shape index (κ3) is 3.77. The fourth-order valence-electron chi connectivity index (χ4n) is 4.50. The normalized spacial score (nSPS) is 17.9. The van der Waals surface area contributed by atoms with Crippen LogP contribution in [-0.4, -0.2) is 21.8 Å². The molecule has 0 spiro atoms. The summed E-state index contributed by atoms with van der Waals surface area (Å²) in [5.41, 5.74) is 1.12. The van der Waals surface area contributed by atoms with E-state index < -0.39 is 35.2 Å². The van der Waals surface area contributed by atoms with Gasteiger partial charge in [-0.1, -0.05) is 54.1 Å². The SMILES string of the molecule is Cc1cccc(C2/C(=C(/O)c3c[nH]c4ccccc34)C(=O)C(=O)N2c2cccc(C(F)(F)F)c2)c1. The van der Waals surface area contributed by atoms with Crippen LogP contribution >= 0.6 is 0 Å². The maximum absolute atomic E-state index is 13.4. The molecule has 1 amide bonds. The first-order chi connectivity index (χ1) is 16.7. The number of halogens is 3. The number of benzene rings is 3. The molecular formula is C27H19F3N2O3. The maximum atomic E-state index is 13.4. The molecule has 1 fully saturated rings. The number of aryl methyl sites for hydroxylation is 1. The lowest BCUT2D eigenvalue weighted by Crippen LogP contribution is -2.29. The summed E-state index contributed by atoms with van der Waals surface area (Å²) in [6.07, 6.45) is -3.10. The van der Waals surface area contributed by atoms with E-state index in [9.17, 15) is 27.9 Å². The van der Waals surface area contributed by atoms with Crippen molar-refractivity contribution in [2.75, 3.05) is 4.90 Å². The lowest BCUT2D eigenvalue weighted by atomic mass is 9.94. The summed E-state index contributed by atoms with van der Waals surface area (Å²) >= 11 is 0. The van der Waals surface area contributed by atoms with Crippen LogP contribution in [0.3, 0.4) is 0 Å². The Labute approximate surface area is 198 Å². The lowest BCUT2D eigenvalue weighted by Gasteiger charge is -2.26. The van der Waals surface area contributed by atoms with Crippen LogP contribution in [0.4, 0.5) is 18.9 Å². The molecule has 1 aliphatic rings. The van der Waals surface area contributed by atoms with E-state index in [2.05, 4.69) is 4.98 Å². The van der Waals surface area contributed by atoms with Gasteiger partial charge in [0.05, 0.1) is 17.2 Å². The molecule has 1 aliphatic heterocycles. The van der Waals surface area contributed by atoms with Crippen molar-refractivity contribution in [1.29, 1.82) is 0 Å². The van der Waals surface area contributed by atoms with Crippen molar-refractivity contribution in [1.82, 2.24) is 4.98 Å². The highest BCUT2D eigenvalue weighted by Crippen LogP contribution is 2.44. The molecular weight excluding hydrogens is 457 g/mol. The Morgan fingerprint density at radius 3 is 2.46 bits per heavy atom. The number of hydrogen-bond acceptors (Lipinski definition) is 3. The van der Waals surface area contributed by atoms with Gasteiger partial charge < -0.3 is 10.1 Å². The number of rotatable bonds is 3. The number of anilines is 1. The topological polar surface area (TPSA) is 73.4 Å². The van der Waals surface area contributed by atoms with Gasteiger partial charge in [-0.05, 0) is 36.8 Å². The average molecular weight is 476 g/mol. The average Bonchev–Trinajstić information content (AvgIpc) is 3.37.